The molecule has 8 heteroatoms. The van der Waals surface area contributed by atoms with Crippen LogP contribution in [-0.4, -0.2) is 26.6 Å². The molecule has 0 atom stereocenters. The van der Waals surface area contributed by atoms with Crippen LogP contribution in [0.25, 0.3) is 0 Å². The zero-order valence-electron chi connectivity index (χ0n) is 13.8. The Morgan fingerprint density at radius 2 is 1.81 bits per heavy atom. The van der Waals surface area contributed by atoms with Gasteiger partial charge in [0, 0.05) is 11.4 Å². The molecule has 0 amide bonds. The summed E-state index contributed by atoms with van der Waals surface area (Å²) in [6.07, 6.45) is 0. The summed E-state index contributed by atoms with van der Waals surface area (Å²) in [5, 5.41) is 1.85. The van der Waals surface area contributed by atoms with Crippen LogP contribution >= 0.6 is 22.7 Å². The van der Waals surface area contributed by atoms with Crippen molar-refractivity contribution in [1.29, 1.82) is 0 Å². The lowest BCUT2D eigenvalue weighted by Gasteiger charge is -2.07. The molecule has 2 aromatic heterocycles. The monoisotopic (exact) mass is 407 g/mol. The van der Waals surface area contributed by atoms with Gasteiger partial charge in [-0.1, -0.05) is 24.3 Å². The minimum atomic E-state index is -3.46. The maximum absolute atomic E-state index is 12.3. The highest BCUT2D eigenvalue weighted by atomic mass is 32.2. The van der Waals surface area contributed by atoms with E-state index in [2.05, 4.69) is 4.72 Å². The van der Waals surface area contributed by atoms with E-state index in [1.807, 2.05) is 29.6 Å². The van der Waals surface area contributed by atoms with E-state index in [-0.39, 0.29) is 24.7 Å². The molecular formula is C18H17NO4S3. The summed E-state index contributed by atoms with van der Waals surface area (Å²) in [4.78, 5) is 14.3. The van der Waals surface area contributed by atoms with Crippen molar-refractivity contribution in [2.45, 2.75) is 6.54 Å². The topological polar surface area (TPSA) is 72.5 Å². The third-order valence-electron chi connectivity index (χ3n) is 3.46. The number of sulfonamides is 1. The standard InChI is InChI=1S/C18H17NO4S3/c20-18(16-7-4-11-24-16)17-9-8-15(25-17)13-19-26(21,22)12-10-23-14-5-2-1-3-6-14/h1-9,11,19H,10,12-13H2. The van der Waals surface area contributed by atoms with Gasteiger partial charge in [-0.15, -0.1) is 22.7 Å². The van der Waals surface area contributed by atoms with E-state index in [4.69, 9.17) is 4.74 Å². The van der Waals surface area contributed by atoms with E-state index >= 15 is 0 Å². The van der Waals surface area contributed by atoms with Crippen LogP contribution in [0.5, 0.6) is 5.75 Å². The number of thiophene rings is 2. The van der Waals surface area contributed by atoms with Gasteiger partial charge in [0.05, 0.1) is 15.5 Å². The number of benzene rings is 1. The quantitative estimate of drug-likeness (QED) is 0.551. The SMILES string of the molecule is O=C(c1cccs1)c1ccc(CNS(=O)(=O)CCOc2ccccc2)s1. The molecular weight excluding hydrogens is 390 g/mol. The molecule has 1 N–H and O–H groups in total. The van der Waals surface area contributed by atoms with Crippen LogP contribution in [0.4, 0.5) is 0 Å². The Morgan fingerprint density at radius 3 is 2.54 bits per heavy atom. The highest BCUT2D eigenvalue weighted by Crippen LogP contribution is 2.22. The summed E-state index contributed by atoms with van der Waals surface area (Å²) < 4.78 is 32.1. The number of carbonyl (C=O) groups excluding carboxylic acids is 1. The first kappa shape index (κ1) is 18.8. The molecule has 0 spiro atoms. The van der Waals surface area contributed by atoms with Crippen molar-refractivity contribution in [3.8, 4) is 5.75 Å². The molecule has 0 radical (unpaired) electrons. The minimum absolute atomic E-state index is 0.0321. The lowest BCUT2D eigenvalue weighted by molar-refractivity contribution is 0.104. The zero-order valence-corrected chi connectivity index (χ0v) is 16.2. The van der Waals surface area contributed by atoms with Gasteiger partial charge in [-0.3, -0.25) is 4.79 Å². The van der Waals surface area contributed by atoms with Crippen LogP contribution < -0.4 is 9.46 Å². The van der Waals surface area contributed by atoms with Gasteiger partial charge in [-0.25, -0.2) is 13.1 Å². The molecule has 0 saturated heterocycles. The van der Waals surface area contributed by atoms with Gasteiger partial charge in [0.2, 0.25) is 15.8 Å². The largest absolute Gasteiger partial charge is 0.492 e. The number of nitrogens with one attached hydrogen (secondary N) is 1. The molecule has 3 aromatic rings. The van der Waals surface area contributed by atoms with Crippen LogP contribution in [-0.2, 0) is 16.6 Å². The lowest BCUT2D eigenvalue weighted by atomic mass is 10.3. The van der Waals surface area contributed by atoms with Gasteiger partial charge in [-0.2, -0.15) is 0 Å². The predicted molar refractivity (Wildman–Crippen MR) is 105 cm³/mol. The van der Waals surface area contributed by atoms with E-state index < -0.39 is 10.0 Å². The molecule has 5 nitrogen and oxygen atoms in total. The van der Waals surface area contributed by atoms with Crippen LogP contribution in [0.1, 0.15) is 19.4 Å². The van der Waals surface area contributed by atoms with Gasteiger partial charge >= 0.3 is 0 Å². The first-order valence-corrected chi connectivity index (χ1v) is 11.2. The average molecular weight is 408 g/mol. The highest BCUT2D eigenvalue weighted by Gasteiger charge is 2.15. The molecule has 0 bridgehead atoms. The minimum Gasteiger partial charge on any atom is -0.492 e. The van der Waals surface area contributed by atoms with Crippen LogP contribution in [0.3, 0.4) is 0 Å². The average Bonchev–Trinajstić information content (AvgIpc) is 3.32. The second-order valence-electron chi connectivity index (χ2n) is 5.37. The number of ether oxygens (including phenoxy) is 1. The van der Waals surface area contributed by atoms with Gasteiger partial charge in [0.15, 0.2) is 0 Å². The Labute approximate surface area is 160 Å². The fourth-order valence-corrected chi connectivity index (χ4v) is 4.72. The molecule has 136 valence electrons. The van der Waals surface area contributed by atoms with Crippen molar-refractivity contribution in [3.63, 3.8) is 0 Å². The molecule has 0 unspecified atom stereocenters. The fraction of sp³-hybridized carbons (Fsp3) is 0.167. The molecule has 0 aliphatic carbocycles. The van der Waals surface area contributed by atoms with Crippen LogP contribution in [0.2, 0.25) is 0 Å². The Kier molecular flexibility index (Phi) is 6.20. The van der Waals surface area contributed by atoms with Gasteiger partial charge in [0.1, 0.15) is 12.4 Å². The summed E-state index contributed by atoms with van der Waals surface area (Å²) in [6.45, 7) is 0.238. The zero-order chi connectivity index (χ0) is 18.4. The molecule has 2 heterocycles. The predicted octanol–water partition coefficient (Wildman–Crippen LogP) is 3.54. The number of hydrogen-bond donors (Lipinski definition) is 1. The first-order chi connectivity index (χ1) is 12.5. The fourth-order valence-electron chi connectivity index (χ4n) is 2.16. The third-order valence-corrected chi connectivity index (χ3v) is 6.70. The number of carbonyl (C=O) groups is 1. The van der Waals surface area contributed by atoms with E-state index in [9.17, 15) is 13.2 Å². The Balaban J connectivity index is 1.49. The maximum Gasteiger partial charge on any atom is 0.215 e. The summed E-state index contributed by atoms with van der Waals surface area (Å²) in [5.74, 6) is 0.474. The van der Waals surface area contributed by atoms with Crippen LogP contribution in [0, 0.1) is 0 Å². The molecule has 0 saturated carbocycles. The van der Waals surface area contributed by atoms with Crippen molar-refractivity contribution in [2.75, 3.05) is 12.4 Å². The maximum atomic E-state index is 12.3. The van der Waals surface area contributed by atoms with Gasteiger partial charge in [-0.05, 0) is 35.7 Å². The number of hydrogen-bond acceptors (Lipinski definition) is 6. The first-order valence-electron chi connectivity index (χ1n) is 7.85. The van der Waals surface area contributed by atoms with Gasteiger partial charge < -0.3 is 4.74 Å². The van der Waals surface area contributed by atoms with Crippen LogP contribution in [0.15, 0.2) is 60.0 Å². The normalized spacial score (nSPS) is 11.4. The third kappa shape index (κ3) is 5.25. The summed E-state index contributed by atoms with van der Waals surface area (Å²) in [5.41, 5.74) is 0. The van der Waals surface area contributed by atoms with Crippen molar-refractivity contribution < 1.29 is 17.9 Å². The Bertz CT molecular complexity index is 948. The van der Waals surface area contributed by atoms with Gasteiger partial charge in [0.25, 0.3) is 0 Å². The highest BCUT2D eigenvalue weighted by molar-refractivity contribution is 7.89. The molecule has 26 heavy (non-hydrogen) atoms. The van der Waals surface area contributed by atoms with E-state index in [0.717, 1.165) is 4.88 Å². The molecule has 3 rings (SSSR count). The molecule has 0 fully saturated rings. The summed E-state index contributed by atoms with van der Waals surface area (Å²) in [7, 11) is -3.46. The van der Waals surface area contributed by atoms with E-state index in [1.54, 1.807) is 30.3 Å². The smallest absolute Gasteiger partial charge is 0.215 e. The number of ketones is 1. The van der Waals surface area contributed by atoms with E-state index in [1.165, 1.54) is 22.7 Å². The molecule has 1 aromatic carbocycles. The lowest BCUT2D eigenvalue weighted by Crippen LogP contribution is -2.28. The summed E-state index contributed by atoms with van der Waals surface area (Å²) in [6, 6.07) is 16.2. The van der Waals surface area contributed by atoms with Crippen molar-refractivity contribution in [3.05, 3.63) is 74.6 Å². The van der Waals surface area contributed by atoms with E-state index in [0.29, 0.717) is 15.5 Å². The molecule has 0 aliphatic rings. The Hall–Kier alpha value is -2.00. The Morgan fingerprint density at radius 1 is 1.00 bits per heavy atom. The second-order valence-corrected chi connectivity index (χ2v) is 9.42. The molecule has 0 aliphatic heterocycles. The number of rotatable bonds is 9. The summed E-state index contributed by atoms with van der Waals surface area (Å²) >= 11 is 2.69. The van der Waals surface area contributed by atoms with Crippen molar-refractivity contribution in [1.82, 2.24) is 4.72 Å². The number of para-hydroxylation sites is 1. The van der Waals surface area contributed by atoms with Crippen molar-refractivity contribution >= 4 is 38.5 Å². The second kappa shape index (κ2) is 8.59. The van der Waals surface area contributed by atoms with Crippen molar-refractivity contribution in [2.24, 2.45) is 0 Å².